The van der Waals surface area contributed by atoms with Crippen molar-refractivity contribution in [3.63, 3.8) is 0 Å². The number of benzene rings is 2. The second-order valence-electron chi connectivity index (χ2n) is 7.92. The van der Waals surface area contributed by atoms with Crippen LogP contribution in [0.1, 0.15) is 56.2 Å². The molecule has 3 aromatic rings. The van der Waals surface area contributed by atoms with E-state index in [9.17, 15) is 19.7 Å². The molecule has 0 spiro atoms. The number of nitrogens with zero attached hydrogens (tertiary/aromatic N) is 2. The summed E-state index contributed by atoms with van der Waals surface area (Å²) in [5.74, 6) is -0.0719. The summed E-state index contributed by atoms with van der Waals surface area (Å²) in [7, 11) is 0. The van der Waals surface area contributed by atoms with Crippen LogP contribution in [0.3, 0.4) is 0 Å². The van der Waals surface area contributed by atoms with Crippen molar-refractivity contribution >= 4 is 40.5 Å². The maximum absolute atomic E-state index is 12.9. The monoisotopic (exact) mass is 480 g/mol. The molecule has 2 aromatic carbocycles. The molecule has 1 aliphatic rings. The first-order valence-corrected chi connectivity index (χ1v) is 10.9. The Hall–Kier alpha value is -3.98. The summed E-state index contributed by atoms with van der Waals surface area (Å²) in [5, 5.41) is 18.4. The number of furan rings is 1. The van der Waals surface area contributed by atoms with Gasteiger partial charge in [0.05, 0.1) is 10.6 Å². The molecule has 174 valence electrons. The lowest BCUT2D eigenvalue weighted by atomic mass is 9.93. The highest BCUT2D eigenvalue weighted by Gasteiger charge is 2.28. The Balaban J connectivity index is 1.55. The Morgan fingerprint density at radius 2 is 1.82 bits per heavy atom. The minimum atomic E-state index is -0.533. The first-order chi connectivity index (χ1) is 16.2. The van der Waals surface area contributed by atoms with Gasteiger partial charge in [-0.25, -0.2) is 5.43 Å². The quantitative estimate of drug-likeness (QED) is 0.384. The fourth-order valence-electron chi connectivity index (χ4n) is 3.82. The van der Waals surface area contributed by atoms with Crippen LogP contribution in [0.15, 0.2) is 52.0 Å². The van der Waals surface area contributed by atoms with E-state index < -0.39 is 16.7 Å². The van der Waals surface area contributed by atoms with Crippen molar-refractivity contribution in [3.05, 3.63) is 91.4 Å². The Kier molecular flexibility index (Phi) is 6.47. The third-order valence-corrected chi connectivity index (χ3v) is 5.85. The van der Waals surface area contributed by atoms with Crippen molar-refractivity contribution in [3.8, 4) is 0 Å². The lowest BCUT2D eigenvalue weighted by Crippen LogP contribution is -2.22. The normalized spacial score (nSPS) is 13.9. The number of carbonyl (C=O) groups is 2. The summed E-state index contributed by atoms with van der Waals surface area (Å²) < 4.78 is 5.90. The van der Waals surface area contributed by atoms with Gasteiger partial charge < -0.3 is 9.73 Å². The van der Waals surface area contributed by atoms with Gasteiger partial charge in [0.25, 0.3) is 17.5 Å². The van der Waals surface area contributed by atoms with Gasteiger partial charge in [-0.1, -0.05) is 17.7 Å². The topological polar surface area (TPSA) is 127 Å². The van der Waals surface area contributed by atoms with Crippen molar-refractivity contribution in [1.29, 1.82) is 0 Å². The SMILES string of the molecule is Cc1ccc(Cl)cc1NC(=O)c1oc2c(c1C)/C(=N/NC(=O)c1ccc([N+](=O)[O-])cc1)CCC2. The van der Waals surface area contributed by atoms with Crippen LogP contribution in [-0.2, 0) is 6.42 Å². The summed E-state index contributed by atoms with van der Waals surface area (Å²) >= 11 is 6.05. The first kappa shape index (κ1) is 23.2. The van der Waals surface area contributed by atoms with Crippen molar-refractivity contribution in [2.45, 2.75) is 33.1 Å². The zero-order valence-electron chi connectivity index (χ0n) is 18.5. The van der Waals surface area contributed by atoms with Gasteiger partial charge in [-0.05, 0) is 56.5 Å². The van der Waals surface area contributed by atoms with Crippen LogP contribution < -0.4 is 10.7 Å². The summed E-state index contributed by atoms with van der Waals surface area (Å²) in [6, 6.07) is 10.5. The molecule has 1 aromatic heterocycles. The van der Waals surface area contributed by atoms with Crippen LogP contribution in [0.5, 0.6) is 0 Å². The molecule has 0 atom stereocenters. The molecule has 1 aliphatic carbocycles. The molecule has 10 heteroatoms. The van der Waals surface area contributed by atoms with Crippen molar-refractivity contribution in [2.75, 3.05) is 5.32 Å². The highest BCUT2D eigenvalue weighted by Crippen LogP contribution is 2.31. The molecule has 2 N–H and O–H groups in total. The van der Waals surface area contributed by atoms with Gasteiger partial charge in [0.15, 0.2) is 5.76 Å². The van der Waals surface area contributed by atoms with E-state index in [0.29, 0.717) is 46.2 Å². The largest absolute Gasteiger partial charge is 0.455 e. The number of hydrazone groups is 1. The molecule has 0 saturated carbocycles. The molecule has 0 radical (unpaired) electrons. The number of fused-ring (bicyclic) bond motifs is 1. The fraction of sp³-hybridized carbons (Fsp3) is 0.208. The third-order valence-electron chi connectivity index (χ3n) is 5.61. The average molecular weight is 481 g/mol. The summed E-state index contributed by atoms with van der Waals surface area (Å²) in [6.07, 6.45) is 2.00. The van der Waals surface area contributed by atoms with E-state index in [0.717, 1.165) is 12.0 Å². The van der Waals surface area contributed by atoms with Crippen molar-refractivity contribution in [2.24, 2.45) is 5.10 Å². The van der Waals surface area contributed by atoms with Crippen molar-refractivity contribution < 1.29 is 18.9 Å². The Labute approximate surface area is 199 Å². The molecule has 0 unspecified atom stereocenters. The summed E-state index contributed by atoms with van der Waals surface area (Å²) in [5.41, 5.74) is 6.05. The van der Waals surface area contributed by atoms with Gasteiger partial charge >= 0.3 is 0 Å². The molecule has 0 saturated heterocycles. The summed E-state index contributed by atoms with van der Waals surface area (Å²) in [4.78, 5) is 35.7. The van der Waals surface area contributed by atoms with E-state index >= 15 is 0 Å². The second kappa shape index (κ2) is 9.48. The number of carbonyl (C=O) groups excluding carboxylic acids is 2. The molecule has 0 bridgehead atoms. The number of amides is 2. The molecular formula is C24H21ClN4O5. The fourth-order valence-corrected chi connectivity index (χ4v) is 3.99. The number of halogens is 1. The van der Waals surface area contributed by atoms with Crippen LogP contribution in [0, 0.1) is 24.0 Å². The first-order valence-electron chi connectivity index (χ1n) is 10.6. The zero-order chi connectivity index (χ0) is 24.4. The number of rotatable bonds is 5. The Bertz CT molecular complexity index is 1330. The highest BCUT2D eigenvalue weighted by atomic mass is 35.5. The predicted octanol–water partition coefficient (Wildman–Crippen LogP) is 5.18. The smallest absolute Gasteiger partial charge is 0.291 e. The molecule has 34 heavy (non-hydrogen) atoms. The van der Waals surface area contributed by atoms with E-state index in [1.165, 1.54) is 24.3 Å². The van der Waals surface area contributed by atoms with Crippen LogP contribution in [0.25, 0.3) is 0 Å². The highest BCUT2D eigenvalue weighted by molar-refractivity contribution is 6.31. The van der Waals surface area contributed by atoms with Gasteiger partial charge in [0.1, 0.15) is 5.76 Å². The lowest BCUT2D eigenvalue weighted by molar-refractivity contribution is -0.384. The minimum Gasteiger partial charge on any atom is -0.455 e. The number of aryl methyl sites for hydroxylation is 2. The number of hydrogen-bond donors (Lipinski definition) is 2. The lowest BCUT2D eigenvalue weighted by Gasteiger charge is -2.13. The molecule has 0 fully saturated rings. The molecule has 9 nitrogen and oxygen atoms in total. The number of nitro groups is 1. The zero-order valence-corrected chi connectivity index (χ0v) is 19.2. The van der Waals surface area contributed by atoms with Crippen LogP contribution in [-0.4, -0.2) is 22.4 Å². The number of nitrogens with one attached hydrogen (secondary N) is 2. The molecule has 0 aliphatic heterocycles. The third kappa shape index (κ3) is 4.69. The number of nitro benzene ring substituents is 1. The minimum absolute atomic E-state index is 0.104. The van der Waals surface area contributed by atoms with Gasteiger partial charge in [0, 0.05) is 46.0 Å². The Morgan fingerprint density at radius 1 is 1.09 bits per heavy atom. The maximum atomic E-state index is 12.9. The van der Waals surface area contributed by atoms with Gasteiger partial charge in [-0.15, -0.1) is 0 Å². The van der Waals surface area contributed by atoms with E-state index in [4.69, 9.17) is 16.0 Å². The molecular weight excluding hydrogens is 460 g/mol. The molecule has 1 heterocycles. The second-order valence-corrected chi connectivity index (χ2v) is 8.36. The number of anilines is 1. The van der Waals surface area contributed by atoms with Crippen LogP contribution >= 0.6 is 11.6 Å². The molecule has 4 rings (SSSR count). The standard InChI is InChI=1S/C24H21ClN4O5/c1-13-6-9-16(25)12-19(13)26-24(31)22-14(2)21-18(4-3-5-20(21)34-22)27-28-23(30)15-7-10-17(11-8-15)29(32)33/h6-12H,3-5H2,1-2H3,(H,26,31)(H,28,30)/b27-18+. The summed E-state index contributed by atoms with van der Waals surface area (Å²) in [6.45, 7) is 3.64. The van der Waals surface area contributed by atoms with Crippen LogP contribution in [0.2, 0.25) is 5.02 Å². The van der Waals surface area contributed by atoms with Crippen LogP contribution in [0.4, 0.5) is 11.4 Å². The molecule has 2 amide bonds. The average Bonchev–Trinajstić information content (AvgIpc) is 3.17. The van der Waals surface area contributed by atoms with E-state index in [2.05, 4.69) is 15.8 Å². The van der Waals surface area contributed by atoms with Gasteiger partial charge in [0.2, 0.25) is 0 Å². The van der Waals surface area contributed by atoms with E-state index in [1.807, 2.05) is 13.0 Å². The van der Waals surface area contributed by atoms with Gasteiger partial charge in [-0.3, -0.25) is 19.7 Å². The Morgan fingerprint density at radius 3 is 2.53 bits per heavy atom. The van der Waals surface area contributed by atoms with E-state index in [1.54, 1.807) is 19.1 Å². The maximum Gasteiger partial charge on any atom is 0.291 e. The van der Waals surface area contributed by atoms with Gasteiger partial charge in [-0.2, -0.15) is 5.10 Å². The number of hydrogen-bond acceptors (Lipinski definition) is 6. The number of non-ortho nitro benzene ring substituents is 1. The van der Waals surface area contributed by atoms with Crippen molar-refractivity contribution in [1.82, 2.24) is 5.43 Å². The predicted molar refractivity (Wildman–Crippen MR) is 128 cm³/mol. The van der Waals surface area contributed by atoms with E-state index in [-0.39, 0.29) is 17.0 Å².